The Labute approximate surface area is 96.6 Å². The van der Waals surface area contributed by atoms with Crippen molar-refractivity contribution in [2.75, 3.05) is 34.7 Å². The molecule has 0 heterocycles. The lowest BCUT2D eigenvalue weighted by Crippen LogP contribution is -2.24. The van der Waals surface area contributed by atoms with E-state index in [0.29, 0.717) is 0 Å². The van der Waals surface area contributed by atoms with Gasteiger partial charge in [0.25, 0.3) is 0 Å². The zero-order valence-corrected chi connectivity index (χ0v) is 11.4. The van der Waals surface area contributed by atoms with Gasteiger partial charge in [0.05, 0.1) is 0 Å². The Morgan fingerprint density at radius 3 is 1.87 bits per heavy atom. The van der Waals surface area contributed by atoms with E-state index in [1.54, 1.807) is 0 Å². The monoisotopic (exact) mass is 214 g/mol. The summed E-state index contributed by atoms with van der Waals surface area (Å²) in [6, 6.07) is 0.742. The second-order valence-corrected chi connectivity index (χ2v) is 5.17. The minimum absolute atomic E-state index is 0.742. The lowest BCUT2D eigenvalue weighted by atomic mass is 10.1. The summed E-state index contributed by atoms with van der Waals surface area (Å²) < 4.78 is 0. The molecule has 0 aromatic rings. The van der Waals surface area contributed by atoms with E-state index in [1.807, 2.05) is 0 Å². The molecule has 0 amide bonds. The summed E-state index contributed by atoms with van der Waals surface area (Å²) in [7, 11) is 8.64. The van der Waals surface area contributed by atoms with Crippen LogP contribution in [0.15, 0.2) is 0 Å². The third-order valence-electron chi connectivity index (χ3n) is 3.11. The largest absolute Gasteiger partial charge is 0.309 e. The van der Waals surface area contributed by atoms with Gasteiger partial charge < -0.3 is 9.80 Å². The number of hydrogen-bond donors (Lipinski definition) is 0. The molecule has 0 saturated heterocycles. The Balaban J connectivity index is 3.11. The first-order valence-corrected chi connectivity index (χ1v) is 6.35. The molecule has 0 aromatic heterocycles. The van der Waals surface area contributed by atoms with Crippen molar-refractivity contribution in [2.45, 2.75) is 51.5 Å². The van der Waals surface area contributed by atoms with Crippen LogP contribution in [0, 0.1) is 0 Å². The molecule has 1 atom stereocenters. The molecule has 0 aliphatic rings. The predicted octanol–water partition coefficient (Wildman–Crippen LogP) is 2.84. The van der Waals surface area contributed by atoms with E-state index in [2.05, 4.69) is 44.9 Å². The Kier molecular flexibility index (Phi) is 9.12. The van der Waals surface area contributed by atoms with Gasteiger partial charge >= 0.3 is 0 Å². The van der Waals surface area contributed by atoms with Crippen molar-refractivity contribution in [2.24, 2.45) is 0 Å². The van der Waals surface area contributed by atoms with Gasteiger partial charge in [-0.3, -0.25) is 0 Å². The Bertz CT molecular complexity index is 132. The van der Waals surface area contributed by atoms with E-state index in [4.69, 9.17) is 0 Å². The van der Waals surface area contributed by atoms with E-state index < -0.39 is 0 Å². The normalized spacial score (nSPS) is 13.8. The van der Waals surface area contributed by atoms with Gasteiger partial charge in [-0.1, -0.05) is 25.7 Å². The quantitative estimate of drug-likeness (QED) is 0.545. The molecule has 92 valence electrons. The smallest absolute Gasteiger partial charge is 0.00608 e. The van der Waals surface area contributed by atoms with E-state index in [-0.39, 0.29) is 0 Å². The molecule has 2 nitrogen and oxygen atoms in total. The molecule has 0 aliphatic heterocycles. The molecule has 15 heavy (non-hydrogen) atoms. The second-order valence-electron chi connectivity index (χ2n) is 5.17. The van der Waals surface area contributed by atoms with Crippen LogP contribution in [0.2, 0.25) is 0 Å². The fourth-order valence-electron chi connectivity index (χ4n) is 1.66. The molecule has 0 rings (SSSR count). The van der Waals surface area contributed by atoms with Crippen LogP contribution in [0.5, 0.6) is 0 Å². The van der Waals surface area contributed by atoms with Crippen LogP contribution in [0.1, 0.15) is 45.4 Å². The van der Waals surface area contributed by atoms with Crippen molar-refractivity contribution < 1.29 is 0 Å². The van der Waals surface area contributed by atoms with Gasteiger partial charge in [-0.05, 0) is 54.5 Å². The fraction of sp³-hybridized carbons (Fsp3) is 1.00. The minimum atomic E-state index is 0.742. The first kappa shape index (κ1) is 14.9. The van der Waals surface area contributed by atoms with Gasteiger partial charge in [-0.15, -0.1) is 0 Å². The molecule has 0 bridgehead atoms. The molecule has 0 aliphatic carbocycles. The van der Waals surface area contributed by atoms with E-state index >= 15 is 0 Å². The Morgan fingerprint density at radius 1 is 0.800 bits per heavy atom. The average molecular weight is 214 g/mol. The predicted molar refractivity (Wildman–Crippen MR) is 69.4 cm³/mol. The van der Waals surface area contributed by atoms with Gasteiger partial charge in [0.1, 0.15) is 0 Å². The van der Waals surface area contributed by atoms with Crippen molar-refractivity contribution in [3.63, 3.8) is 0 Å². The Morgan fingerprint density at radius 2 is 1.33 bits per heavy atom. The summed E-state index contributed by atoms with van der Waals surface area (Å²) in [6.07, 6.45) is 8.31. The highest BCUT2D eigenvalue weighted by atomic mass is 15.1. The first-order valence-electron chi connectivity index (χ1n) is 6.35. The summed E-state index contributed by atoms with van der Waals surface area (Å²) in [5.74, 6) is 0. The number of hydrogen-bond acceptors (Lipinski definition) is 2. The highest BCUT2D eigenvalue weighted by Crippen LogP contribution is 2.09. The van der Waals surface area contributed by atoms with Crippen molar-refractivity contribution in [1.29, 1.82) is 0 Å². The molecule has 0 saturated carbocycles. The maximum atomic E-state index is 2.31. The second kappa shape index (κ2) is 9.17. The zero-order chi connectivity index (χ0) is 11.7. The van der Waals surface area contributed by atoms with Gasteiger partial charge in [-0.2, -0.15) is 0 Å². The number of nitrogens with zero attached hydrogens (tertiary/aromatic N) is 2. The summed E-state index contributed by atoms with van der Waals surface area (Å²) in [6.45, 7) is 3.56. The van der Waals surface area contributed by atoms with Crippen molar-refractivity contribution in [3.8, 4) is 0 Å². The average Bonchev–Trinajstić information content (AvgIpc) is 2.15. The van der Waals surface area contributed by atoms with Gasteiger partial charge in [0.15, 0.2) is 0 Å². The maximum absolute atomic E-state index is 2.31. The highest BCUT2D eigenvalue weighted by molar-refractivity contribution is 4.59. The zero-order valence-electron chi connectivity index (χ0n) is 11.4. The van der Waals surface area contributed by atoms with Crippen LogP contribution in [-0.4, -0.2) is 50.6 Å². The molecule has 0 aromatic carbocycles. The third-order valence-corrected chi connectivity index (χ3v) is 3.11. The maximum Gasteiger partial charge on any atom is 0.00608 e. The van der Waals surface area contributed by atoms with Crippen molar-refractivity contribution >= 4 is 0 Å². The van der Waals surface area contributed by atoms with Crippen LogP contribution >= 0.6 is 0 Å². The molecule has 0 fully saturated rings. The molecule has 0 N–H and O–H groups in total. The minimum Gasteiger partial charge on any atom is -0.309 e. The summed E-state index contributed by atoms with van der Waals surface area (Å²) in [5, 5.41) is 0. The summed E-state index contributed by atoms with van der Waals surface area (Å²) in [4.78, 5) is 4.58. The van der Waals surface area contributed by atoms with Crippen LogP contribution in [0.3, 0.4) is 0 Å². The van der Waals surface area contributed by atoms with E-state index in [1.165, 1.54) is 45.1 Å². The molecule has 0 radical (unpaired) electrons. The third kappa shape index (κ3) is 10.2. The SMILES string of the molecule is CC(CCCCCCCN(C)C)N(C)C. The Hall–Kier alpha value is -0.0800. The summed E-state index contributed by atoms with van der Waals surface area (Å²) >= 11 is 0. The lowest BCUT2D eigenvalue weighted by Gasteiger charge is -2.19. The molecule has 2 heteroatoms. The molecular formula is C13H30N2. The van der Waals surface area contributed by atoms with Gasteiger partial charge in [-0.25, -0.2) is 0 Å². The van der Waals surface area contributed by atoms with Crippen LogP contribution in [0.4, 0.5) is 0 Å². The number of unbranched alkanes of at least 4 members (excludes halogenated alkanes) is 4. The number of rotatable bonds is 9. The fourth-order valence-corrected chi connectivity index (χ4v) is 1.66. The highest BCUT2D eigenvalue weighted by Gasteiger charge is 2.02. The van der Waals surface area contributed by atoms with Crippen LogP contribution in [-0.2, 0) is 0 Å². The van der Waals surface area contributed by atoms with Crippen molar-refractivity contribution in [3.05, 3.63) is 0 Å². The van der Waals surface area contributed by atoms with Gasteiger partial charge in [0.2, 0.25) is 0 Å². The standard InChI is InChI=1S/C13H30N2/c1-13(15(4)5)11-9-7-6-8-10-12-14(2)3/h13H,6-12H2,1-5H3. The molecule has 1 unspecified atom stereocenters. The van der Waals surface area contributed by atoms with Crippen LogP contribution in [0.25, 0.3) is 0 Å². The topological polar surface area (TPSA) is 6.48 Å². The van der Waals surface area contributed by atoms with Crippen LogP contribution < -0.4 is 0 Å². The molecular weight excluding hydrogens is 184 g/mol. The van der Waals surface area contributed by atoms with Gasteiger partial charge in [0, 0.05) is 6.04 Å². The molecule has 0 spiro atoms. The summed E-state index contributed by atoms with van der Waals surface area (Å²) in [5.41, 5.74) is 0. The first-order chi connectivity index (χ1) is 7.04. The van der Waals surface area contributed by atoms with E-state index in [9.17, 15) is 0 Å². The van der Waals surface area contributed by atoms with Crippen molar-refractivity contribution in [1.82, 2.24) is 9.80 Å². The van der Waals surface area contributed by atoms with E-state index in [0.717, 1.165) is 6.04 Å². The lowest BCUT2D eigenvalue weighted by molar-refractivity contribution is 0.291.